The molecular weight excluding hydrogens is 200 g/mol. The summed E-state index contributed by atoms with van der Waals surface area (Å²) in [6.07, 6.45) is 0. The highest BCUT2D eigenvalue weighted by Gasteiger charge is 2.25. The van der Waals surface area contributed by atoms with Crippen molar-refractivity contribution in [3.8, 4) is 0 Å². The molecule has 0 atom stereocenters. The van der Waals surface area contributed by atoms with Crippen molar-refractivity contribution < 1.29 is 4.79 Å². The van der Waals surface area contributed by atoms with E-state index in [1.807, 2.05) is 30.3 Å². The molecule has 1 aliphatic rings. The van der Waals surface area contributed by atoms with E-state index in [1.54, 1.807) is 0 Å². The SMILES string of the molecule is CC1(C)CN=C(C(=O)c2ccccc2)NC1. The first kappa shape index (κ1) is 10.9. The van der Waals surface area contributed by atoms with Gasteiger partial charge in [-0.15, -0.1) is 0 Å². The molecule has 84 valence electrons. The summed E-state index contributed by atoms with van der Waals surface area (Å²) in [5.74, 6) is 0.474. The first-order valence-electron chi connectivity index (χ1n) is 5.47. The maximum Gasteiger partial charge on any atom is 0.227 e. The predicted molar refractivity (Wildman–Crippen MR) is 64.9 cm³/mol. The van der Waals surface area contributed by atoms with Crippen LogP contribution in [-0.2, 0) is 0 Å². The molecule has 16 heavy (non-hydrogen) atoms. The molecule has 1 N–H and O–H groups in total. The molecule has 0 spiro atoms. The average Bonchev–Trinajstić information content (AvgIpc) is 2.29. The van der Waals surface area contributed by atoms with Gasteiger partial charge in [-0.25, -0.2) is 0 Å². The van der Waals surface area contributed by atoms with Crippen LogP contribution in [0.25, 0.3) is 0 Å². The number of nitrogens with zero attached hydrogens (tertiary/aromatic N) is 1. The number of carbonyl (C=O) groups excluding carboxylic acids is 1. The van der Waals surface area contributed by atoms with Crippen LogP contribution in [-0.4, -0.2) is 24.7 Å². The summed E-state index contributed by atoms with van der Waals surface area (Å²) in [6.45, 7) is 5.76. The molecular formula is C13H16N2O. The summed E-state index contributed by atoms with van der Waals surface area (Å²) in [6, 6.07) is 9.25. The molecule has 1 aromatic rings. The van der Waals surface area contributed by atoms with E-state index in [-0.39, 0.29) is 11.2 Å². The Morgan fingerprint density at radius 2 is 2.00 bits per heavy atom. The molecule has 1 heterocycles. The molecule has 0 saturated carbocycles. The lowest BCUT2D eigenvalue weighted by Crippen LogP contribution is -2.44. The third kappa shape index (κ3) is 2.30. The molecule has 0 saturated heterocycles. The van der Waals surface area contributed by atoms with Crippen LogP contribution < -0.4 is 5.32 Å². The summed E-state index contributed by atoms with van der Waals surface area (Å²) >= 11 is 0. The summed E-state index contributed by atoms with van der Waals surface area (Å²) in [4.78, 5) is 16.3. The Balaban J connectivity index is 2.16. The Kier molecular flexibility index (Phi) is 2.77. The van der Waals surface area contributed by atoms with Crippen molar-refractivity contribution in [2.24, 2.45) is 10.4 Å². The number of aliphatic imine (C=N–C) groups is 1. The van der Waals surface area contributed by atoms with E-state index in [9.17, 15) is 4.79 Å². The quantitative estimate of drug-likeness (QED) is 0.767. The molecule has 1 aliphatic heterocycles. The van der Waals surface area contributed by atoms with Gasteiger partial charge in [0.2, 0.25) is 5.78 Å². The van der Waals surface area contributed by atoms with Crippen molar-refractivity contribution in [1.82, 2.24) is 5.32 Å². The largest absolute Gasteiger partial charge is 0.366 e. The molecule has 0 fully saturated rings. The fourth-order valence-corrected chi connectivity index (χ4v) is 1.61. The van der Waals surface area contributed by atoms with Gasteiger partial charge in [0.05, 0.1) is 0 Å². The van der Waals surface area contributed by atoms with Gasteiger partial charge in [0, 0.05) is 24.1 Å². The number of nitrogens with one attached hydrogen (secondary N) is 1. The zero-order valence-electron chi connectivity index (χ0n) is 9.66. The van der Waals surface area contributed by atoms with E-state index in [1.165, 1.54) is 0 Å². The second kappa shape index (κ2) is 4.08. The van der Waals surface area contributed by atoms with Gasteiger partial charge in [-0.3, -0.25) is 9.79 Å². The monoisotopic (exact) mass is 216 g/mol. The lowest BCUT2D eigenvalue weighted by Gasteiger charge is -2.28. The van der Waals surface area contributed by atoms with Gasteiger partial charge in [0.1, 0.15) is 0 Å². The van der Waals surface area contributed by atoms with Crippen molar-refractivity contribution in [2.75, 3.05) is 13.1 Å². The average molecular weight is 216 g/mol. The number of rotatable bonds is 2. The van der Waals surface area contributed by atoms with Crippen LogP contribution in [0.4, 0.5) is 0 Å². The molecule has 0 radical (unpaired) electrons. The van der Waals surface area contributed by atoms with E-state index in [0.29, 0.717) is 17.9 Å². The van der Waals surface area contributed by atoms with E-state index in [2.05, 4.69) is 24.2 Å². The van der Waals surface area contributed by atoms with Gasteiger partial charge in [-0.1, -0.05) is 44.2 Å². The number of ketones is 1. The summed E-state index contributed by atoms with van der Waals surface area (Å²) in [5.41, 5.74) is 0.828. The number of hydrogen-bond donors (Lipinski definition) is 1. The number of hydrogen-bond acceptors (Lipinski definition) is 3. The zero-order chi connectivity index (χ0) is 11.6. The second-order valence-corrected chi connectivity index (χ2v) is 4.88. The predicted octanol–water partition coefficient (Wildman–Crippen LogP) is 1.90. The Bertz CT molecular complexity index is 421. The van der Waals surface area contributed by atoms with Gasteiger partial charge in [-0.2, -0.15) is 0 Å². The van der Waals surface area contributed by atoms with Crippen LogP contribution in [0.5, 0.6) is 0 Å². The molecule has 3 heteroatoms. The van der Waals surface area contributed by atoms with Crippen molar-refractivity contribution in [3.63, 3.8) is 0 Å². The Morgan fingerprint density at radius 1 is 1.31 bits per heavy atom. The Morgan fingerprint density at radius 3 is 2.56 bits per heavy atom. The minimum absolute atomic E-state index is 0.0175. The summed E-state index contributed by atoms with van der Waals surface area (Å²) < 4.78 is 0. The molecule has 0 aliphatic carbocycles. The van der Waals surface area contributed by atoms with Gasteiger partial charge in [0.25, 0.3) is 0 Å². The van der Waals surface area contributed by atoms with Crippen LogP contribution in [0.1, 0.15) is 24.2 Å². The van der Waals surface area contributed by atoms with Gasteiger partial charge < -0.3 is 5.32 Å². The minimum Gasteiger partial charge on any atom is -0.366 e. The van der Waals surface area contributed by atoms with Crippen LogP contribution in [0.2, 0.25) is 0 Å². The van der Waals surface area contributed by atoms with E-state index >= 15 is 0 Å². The van der Waals surface area contributed by atoms with Crippen molar-refractivity contribution in [2.45, 2.75) is 13.8 Å². The molecule has 0 aromatic heterocycles. The van der Waals surface area contributed by atoms with E-state index in [4.69, 9.17) is 0 Å². The van der Waals surface area contributed by atoms with E-state index in [0.717, 1.165) is 6.54 Å². The van der Waals surface area contributed by atoms with Crippen molar-refractivity contribution in [3.05, 3.63) is 35.9 Å². The fraction of sp³-hybridized carbons (Fsp3) is 0.385. The highest BCUT2D eigenvalue weighted by atomic mass is 16.1. The number of amidine groups is 1. The van der Waals surface area contributed by atoms with Gasteiger partial charge in [-0.05, 0) is 0 Å². The van der Waals surface area contributed by atoms with Crippen molar-refractivity contribution >= 4 is 11.6 Å². The highest BCUT2D eigenvalue weighted by molar-refractivity contribution is 6.45. The minimum atomic E-state index is -0.0175. The maximum absolute atomic E-state index is 12.0. The Hall–Kier alpha value is -1.64. The third-order valence-corrected chi connectivity index (χ3v) is 2.65. The molecule has 1 aromatic carbocycles. The lowest BCUT2D eigenvalue weighted by molar-refractivity contribution is 0.105. The standard InChI is InChI=1S/C13H16N2O/c1-13(2)8-14-12(15-9-13)11(16)10-6-4-3-5-7-10/h3-7H,8-9H2,1-2H3,(H,14,15). The number of carbonyl (C=O) groups is 1. The molecule has 2 rings (SSSR count). The summed E-state index contributed by atoms with van der Waals surface area (Å²) in [5, 5.41) is 3.11. The lowest BCUT2D eigenvalue weighted by atomic mass is 9.92. The number of Topliss-reactive ketones (excluding diaryl/α,β-unsaturated/α-hetero) is 1. The zero-order valence-corrected chi connectivity index (χ0v) is 9.66. The Labute approximate surface area is 95.6 Å². The first-order chi connectivity index (χ1) is 7.58. The summed E-state index contributed by atoms with van der Waals surface area (Å²) in [7, 11) is 0. The van der Waals surface area contributed by atoms with Gasteiger partial charge in [0.15, 0.2) is 5.84 Å². The van der Waals surface area contributed by atoms with Crippen LogP contribution >= 0.6 is 0 Å². The topological polar surface area (TPSA) is 41.5 Å². The highest BCUT2D eigenvalue weighted by Crippen LogP contribution is 2.17. The maximum atomic E-state index is 12.0. The van der Waals surface area contributed by atoms with Crippen LogP contribution in [0, 0.1) is 5.41 Å². The van der Waals surface area contributed by atoms with Gasteiger partial charge >= 0.3 is 0 Å². The third-order valence-electron chi connectivity index (χ3n) is 2.65. The fourth-order valence-electron chi connectivity index (χ4n) is 1.61. The second-order valence-electron chi connectivity index (χ2n) is 4.88. The smallest absolute Gasteiger partial charge is 0.227 e. The molecule has 0 amide bonds. The molecule has 0 bridgehead atoms. The van der Waals surface area contributed by atoms with Crippen LogP contribution in [0.3, 0.4) is 0 Å². The van der Waals surface area contributed by atoms with Crippen LogP contribution in [0.15, 0.2) is 35.3 Å². The molecule has 0 unspecified atom stereocenters. The molecule has 3 nitrogen and oxygen atoms in total. The van der Waals surface area contributed by atoms with E-state index < -0.39 is 0 Å². The van der Waals surface area contributed by atoms with Crippen molar-refractivity contribution in [1.29, 1.82) is 0 Å². The first-order valence-corrected chi connectivity index (χ1v) is 5.47. The number of benzene rings is 1. The normalized spacial score (nSPS) is 18.5.